The lowest BCUT2D eigenvalue weighted by Gasteiger charge is -2.30. The summed E-state index contributed by atoms with van der Waals surface area (Å²) in [4.78, 5) is 15.4. The third-order valence-corrected chi connectivity index (χ3v) is 6.98. The van der Waals surface area contributed by atoms with Gasteiger partial charge in [0.2, 0.25) is 11.6 Å². The number of carbonyl (C=O) groups excluding carboxylic acids is 1. The molecule has 1 fully saturated rings. The highest BCUT2D eigenvalue weighted by molar-refractivity contribution is 5.94. The average molecular weight is 560 g/mol. The van der Waals surface area contributed by atoms with E-state index < -0.39 is 5.91 Å². The first-order valence-electron chi connectivity index (χ1n) is 13.4. The lowest BCUT2D eigenvalue weighted by Crippen LogP contribution is -2.34. The molecule has 13 nitrogen and oxygen atoms in total. The predicted molar refractivity (Wildman–Crippen MR) is 151 cm³/mol. The van der Waals surface area contributed by atoms with Crippen LogP contribution in [0.15, 0.2) is 58.3 Å². The number of hydrazone groups is 1. The molecule has 0 aliphatic carbocycles. The standard InChI is InChI=1S/C28H33N9O4/c1-19-10-13-36(14-11-19)18-22-25(31-35-37(22)27-26(29)33-41-34-27)28(38)32-30-17-21-8-9-23(24(16-21)39-2)40-15-12-20-6-4-3-5-7-20/h3-9,16-17,19H,10-15,18H2,1-2H3,(H2,29,33)(H,32,38). The molecule has 0 saturated carbocycles. The van der Waals surface area contributed by atoms with Crippen molar-refractivity contribution >= 4 is 17.9 Å². The molecule has 0 unspecified atom stereocenters. The average Bonchev–Trinajstić information content (AvgIpc) is 3.60. The Balaban J connectivity index is 1.25. The van der Waals surface area contributed by atoms with Gasteiger partial charge in [-0.05, 0) is 71.5 Å². The topological polar surface area (TPSA) is 159 Å². The Bertz CT molecular complexity index is 1480. The number of ether oxygens (including phenoxy) is 2. The zero-order valence-electron chi connectivity index (χ0n) is 23.1. The highest BCUT2D eigenvalue weighted by Crippen LogP contribution is 2.28. The Kier molecular flexibility index (Phi) is 8.84. The minimum atomic E-state index is -0.518. The number of benzene rings is 2. The molecule has 1 amide bonds. The van der Waals surface area contributed by atoms with Gasteiger partial charge in [-0.1, -0.05) is 42.5 Å². The van der Waals surface area contributed by atoms with E-state index >= 15 is 0 Å². The van der Waals surface area contributed by atoms with E-state index in [2.05, 4.69) is 55.1 Å². The van der Waals surface area contributed by atoms with Crippen molar-refractivity contribution in [1.29, 1.82) is 0 Å². The molecule has 214 valence electrons. The summed E-state index contributed by atoms with van der Waals surface area (Å²) in [5.74, 6) is 1.56. The zero-order valence-corrected chi connectivity index (χ0v) is 23.1. The first kappa shape index (κ1) is 27.8. The Hall–Kier alpha value is -4.78. The van der Waals surface area contributed by atoms with E-state index in [4.69, 9.17) is 19.8 Å². The molecule has 3 heterocycles. The maximum Gasteiger partial charge on any atom is 0.293 e. The number of methoxy groups -OCH3 is 1. The second kappa shape index (κ2) is 13.0. The van der Waals surface area contributed by atoms with Gasteiger partial charge < -0.3 is 15.2 Å². The summed E-state index contributed by atoms with van der Waals surface area (Å²) >= 11 is 0. The van der Waals surface area contributed by atoms with Crippen LogP contribution in [0.2, 0.25) is 0 Å². The van der Waals surface area contributed by atoms with E-state index in [9.17, 15) is 4.79 Å². The van der Waals surface area contributed by atoms with E-state index in [1.54, 1.807) is 13.2 Å². The fraction of sp³-hybridized carbons (Fsp3) is 0.357. The van der Waals surface area contributed by atoms with Crippen molar-refractivity contribution in [3.8, 4) is 17.3 Å². The van der Waals surface area contributed by atoms with Crippen LogP contribution in [0.3, 0.4) is 0 Å². The third kappa shape index (κ3) is 6.87. The number of nitrogen functional groups attached to an aromatic ring is 1. The Labute approximate surface area is 237 Å². The highest BCUT2D eigenvalue weighted by atomic mass is 16.6. The van der Waals surface area contributed by atoms with Gasteiger partial charge in [0.05, 0.1) is 25.6 Å². The van der Waals surface area contributed by atoms with Gasteiger partial charge in [0.1, 0.15) is 0 Å². The minimum absolute atomic E-state index is 0.0508. The van der Waals surface area contributed by atoms with Crippen LogP contribution in [0.1, 0.15) is 47.1 Å². The molecule has 5 rings (SSSR count). The lowest BCUT2D eigenvalue weighted by molar-refractivity contribution is 0.0946. The smallest absolute Gasteiger partial charge is 0.293 e. The molecule has 41 heavy (non-hydrogen) atoms. The van der Waals surface area contributed by atoms with Crippen molar-refractivity contribution in [3.63, 3.8) is 0 Å². The van der Waals surface area contributed by atoms with Crippen molar-refractivity contribution in [1.82, 2.24) is 35.6 Å². The summed E-state index contributed by atoms with van der Waals surface area (Å²) in [6.45, 7) is 4.97. The van der Waals surface area contributed by atoms with Crippen LogP contribution in [-0.2, 0) is 13.0 Å². The number of hydrogen-bond donors (Lipinski definition) is 2. The molecule has 4 aromatic rings. The largest absolute Gasteiger partial charge is 0.493 e. The molecule has 13 heteroatoms. The van der Waals surface area contributed by atoms with Crippen molar-refractivity contribution in [2.75, 3.05) is 32.5 Å². The number of aromatic nitrogens is 5. The monoisotopic (exact) mass is 559 g/mol. The van der Waals surface area contributed by atoms with E-state index in [0.29, 0.717) is 41.8 Å². The SMILES string of the molecule is COc1cc(C=NNC(=O)c2nnn(-c3nonc3N)c2CN2CCC(C)CC2)ccc1OCCc1ccccc1. The van der Waals surface area contributed by atoms with E-state index in [1.165, 1.54) is 16.5 Å². The maximum absolute atomic E-state index is 13.1. The molecule has 2 aromatic carbocycles. The van der Waals surface area contributed by atoms with Crippen molar-refractivity contribution < 1.29 is 18.9 Å². The van der Waals surface area contributed by atoms with Crippen LogP contribution >= 0.6 is 0 Å². The van der Waals surface area contributed by atoms with Crippen molar-refractivity contribution in [2.24, 2.45) is 11.0 Å². The number of nitrogens with two attached hydrogens (primary N) is 1. The summed E-state index contributed by atoms with van der Waals surface area (Å²) in [7, 11) is 1.58. The fourth-order valence-corrected chi connectivity index (χ4v) is 4.59. The van der Waals surface area contributed by atoms with Crippen LogP contribution in [0.25, 0.3) is 5.82 Å². The molecule has 0 bridgehead atoms. The van der Waals surface area contributed by atoms with Crippen molar-refractivity contribution in [2.45, 2.75) is 32.7 Å². The van der Waals surface area contributed by atoms with E-state index in [1.807, 2.05) is 30.3 Å². The highest BCUT2D eigenvalue weighted by Gasteiger charge is 2.26. The number of amides is 1. The van der Waals surface area contributed by atoms with Crippen LogP contribution in [0.4, 0.5) is 5.82 Å². The predicted octanol–water partition coefficient (Wildman–Crippen LogP) is 2.86. The number of anilines is 1. The number of piperidine rings is 1. The van der Waals surface area contributed by atoms with Crippen molar-refractivity contribution in [3.05, 3.63) is 71.0 Å². The molecule has 0 radical (unpaired) electrons. The molecule has 1 aliphatic heterocycles. The van der Waals surface area contributed by atoms with Crippen LogP contribution < -0.4 is 20.6 Å². The summed E-state index contributed by atoms with van der Waals surface area (Å²) < 4.78 is 17.6. The molecular formula is C28H33N9O4. The molecular weight excluding hydrogens is 526 g/mol. The molecule has 0 spiro atoms. The van der Waals surface area contributed by atoms with Gasteiger partial charge in [-0.2, -0.15) is 9.78 Å². The zero-order chi connectivity index (χ0) is 28.6. The van der Waals surface area contributed by atoms with Gasteiger partial charge in [-0.15, -0.1) is 5.10 Å². The normalized spacial score (nSPS) is 14.4. The van der Waals surface area contributed by atoms with E-state index in [0.717, 1.165) is 32.4 Å². The van der Waals surface area contributed by atoms with Crippen LogP contribution in [-0.4, -0.2) is 69.1 Å². The molecule has 2 aromatic heterocycles. The number of carbonyl (C=O) groups is 1. The second-order valence-corrected chi connectivity index (χ2v) is 9.92. The van der Waals surface area contributed by atoms with Crippen LogP contribution in [0.5, 0.6) is 11.5 Å². The summed E-state index contributed by atoms with van der Waals surface area (Å²) in [5, 5.41) is 19.8. The van der Waals surface area contributed by atoms with Gasteiger partial charge >= 0.3 is 0 Å². The Morgan fingerprint density at radius 2 is 1.98 bits per heavy atom. The van der Waals surface area contributed by atoms with Gasteiger partial charge in [-0.25, -0.2) is 10.1 Å². The number of nitrogens with one attached hydrogen (secondary N) is 1. The summed E-state index contributed by atoms with van der Waals surface area (Å²) in [5.41, 5.74) is 11.0. The molecule has 0 atom stereocenters. The first-order valence-corrected chi connectivity index (χ1v) is 13.4. The number of likely N-dealkylation sites (tertiary alicyclic amines) is 1. The first-order chi connectivity index (χ1) is 20.0. The number of rotatable bonds is 11. The molecule has 1 saturated heterocycles. The Morgan fingerprint density at radius 3 is 2.71 bits per heavy atom. The quantitative estimate of drug-likeness (QED) is 0.207. The number of hydrogen-bond acceptors (Lipinski definition) is 11. The summed E-state index contributed by atoms with van der Waals surface area (Å²) in [6, 6.07) is 15.5. The van der Waals surface area contributed by atoms with Gasteiger partial charge in [0, 0.05) is 13.0 Å². The fourth-order valence-electron chi connectivity index (χ4n) is 4.59. The molecule has 1 aliphatic rings. The van der Waals surface area contributed by atoms with Gasteiger partial charge in [0.25, 0.3) is 5.91 Å². The third-order valence-electron chi connectivity index (χ3n) is 6.98. The second-order valence-electron chi connectivity index (χ2n) is 9.92. The van der Waals surface area contributed by atoms with Gasteiger partial charge in [0.15, 0.2) is 17.2 Å². The summed E-state index contributed by atoms with van der Waals surface area (Å²) in [6.07, 6.45) is 4.44. The van der Waals surface area contributed by atoms with Gasteiger partial charge in [-0.3, -0.25) is 9.69 Å². The Morgan fingerprint density at radius 1 is 1.17 bits per heavy atom. The van der Waals surface area contributed by atoms with Crippen LogP contribution in [0, 0.1) is 5.92 Å². The minimum Gasteiger partial charge on any atom is -0.493 e. The lowest BCUT2D eigenvalue weighted by atomic mass is 9.99. The molecule has 3 N–H and O–H groups in total. The maximum atomic E-state index is 13.1. The van der Waals surface area contributed by atoms with E-state index in [-0.39, 0.29) is 17.3 Å². The number of nitrogens with zero attached hydrogens (tertiary/aromatic N) is 7.